The third kappa shape index (κ3) is 2.53. The predicted molar refractivity (Wildman–Crippen MR) is 75.7 cm³/mol. The Labute approximate surface area is 121 Å². The fraction of sp³-hybridized carbons (Fsp3) is 0.933. The Morgan fingerprint density at radius 2 is 1.95 bits per heavy atom. The monoisotopic (exact) mass is 282 g/mol. The zero-order valence-electron chi connectivity index (χ0n) is 12.9. The molecule has 0 aromatic carbocycles. The topological polar surface area (TPSA) is 42.0 Å². The maximum absolute atomic E-state index is 12.4. The molecule has 114 valence electrons. The molecule has 5 heteroatoms. The van der Waals surface area contributed by atoms with E-state index in [0.29, 0.717) is 6.04 Å². The molecule has 0 aromatic rings. The van der Waals surface area contributed by atoms with Crippen LogP contribution in [0, 0.1) is 0 Å². The first-order valence-electron chi connectivity index (χ1n) is 7.72. The van der Waals surface area contributed by atoms with Gasteiger partial charge in [0, 0.05) is 19.6 Å². The van der Waals surface area contributed by atoms with E-state index in [2.05, 4.69) is 4.90 Å². The molecule has 1 amide bonds. The molecule has 20 heavy (non-hydrogen) atoms. The van der Waals surface area contributed by atoms with E-state index in [1.54, 1.807) is 0 Å². The second-order valence-corrected chi connectivity index (χ2v) is 7.37. The minimum Gasteiger partial charge on any atom is -0.444 e. The highest BCUT2D eigenvalue weighted by atomic mass is 16.6. The summed E-state index contributed by atoms with van der Waals surface area (Å²) in [6.45, 7) is 10.2. The molecule has 0 atom stereocenters. The smallest absolute Gasteiger partial charge is 0.410 e. The van der Waals surface area contributed by atoms with Gasteiger partial charge >= 0.3 is 6.09 Å². The van der Waals surface area contributed by atoms with Crippen LogP contribution in [0.5, 0.6) is 0 Å². The SMILES string of the molecule is CC(C)(C)OC(=O)N1CCN(C2COC2)CC12CCC2. The van der Waals surface area contributed by atoms with Crippen molar-refractivity contribution >= 4 is 6.09 Å². The number of hydrogen-bond donors (Lipinski definition) is 0. The van der Waals surface area contributed by atoms with E-state index in [9.17, 15) is 4.79 Å². The quantitative estimate of drug-likeness (QED) is 0.736. The summed E-state index contributed by atoms with van der Waals surface area (Å²) in [6, 6.07) is 0.563. The molecule has 0 aromatic heterocycles. The summed E-state index contributed by atoms with van der Waals surface area (Å²) < 4.78 is 10.9. The molecule has 3 aliphatic rings. The van der Waals surface area contributed by atoms with Crippen LogP contribution in [0.4, 0.5) is 4.79 Å². The van der Waals surface area contributed by atoms with E-state index in [-0.39, 0.29) is 11.6 Å². The zero-order valence-corrected chi connectivity index (χ0v) is 12.9. The average molecular weight is 282 g/mol. The Balaban J connectivity index is 1.67. The number of carbonyl (C=O) groups excluding carboxylic acids is 1. The molecule has 0 unspecified atom stereocenters. The van der Waals surface area contributed by atoms with Crippen molar-refractivity contribution in [2.75, 3.05) is 32.8 Å². The van der Waals surface area contributed by atoms with Crippen molar-refractivity contribution in [3.63, 3.8) is 0 Å². The van der Waals surface area contributed by atoms with Gasteiger partial charge in [0.1, 0.15) is 5.60 Å². The third-order valence-corrected chi connectivity index (χ3v) is 4.72. The van der Waals surface area contributed by atoms with Crippen LogP contribution in [0.1, 0.15) is 40.0 Å². The second kappa shape index (κ2) is 4.88. The normalized spacial score (nSPS) is 27.1. The van der Waals surface area contributed by atoms with Crippen molar-refractivity contribution in [3.8, 4) is 0 Å². The number of hydrogen-bond acceptors (Lipinski definition) is 4. The lowest BCUT2D eigenvalue weighted by molar-refractivity contribution is -0.120. The first-order chi connectivity index (χ1) is 9.40. The van der Waals surface area contributed by atoms with Crippen LogP contribution in [0.3, 0.4) is 0 Å². The average Bonchev–Trinajstić information content (AvgIpc) is 2.21. The van der Waals surface area contributed by atoms with E-state index < -0.39 is 5.60 Å². The maximum Gasteiger partial charge on any atom is 0.410 e. The summed E-state index contributed by atoms with van der Waals surface area (Å²) in [6.07, 6.45) is 3.29. The Morgan fingerprint density at radius 3 is 2.40 bits per heavy atom. The first kappa shape index (κ1) is 14.1. The molecular formula is C15H26N2O3. The van der Waals surface area contributed by atoms with Gasteiger partial charge in [-0.15, -0.1) is 0 Å². The molecule has 0 N–H and O–H groups in total. The summed E-state index contributed by atoms with van der Waals surface area (Å²) in [7, 11) is 0. The van der Waals surface area contributed by atoms with E-state index in [0.717, 1.165) is 45.7 Å². The Kier molecular flexibility index (Phi) is 3.45. The Morgan fingerprint density at radius 1 is 1.25 bits per heavy atom. The summed E-state index contributed by atoms with van der Waals surface area (Å²) in [5.41, 5.74) is -0.392. The summed E-state index contributed by atoms with van der Waals surface area (Å²) in [5.74, 6) is 0. The van der Waals surface area contributed by atoms with Crippen LogP contribution < -0.4 is 0 Å². The molecule has 0 bridgehead atoms. The van der Waals surface area contributed by atoms with Gasteiger partial charge < -0.3 is 9.47 Å². The van der Waals surface area contributed by atoms with Gasteiger partial charge in [0.25, 0.3) is 0 Å². The molecule has 1 aliphatic carbocycles. The molecule has 3 fully saturated rings. The summed E-state index contributed by atoms with van der Waals surface area (Å²) in [4.78, 5) is 16.9. The molecule has 1 saturated carbocycles. The van der Waals surface area contributed by atoms with Crippen LogP contribution in [0.25, 0.3) is 0 Å². The van der Waals surface area contributed by atoms with Crippen molar-refractivity contribution < 1.29 is 14.3 Å². The molecule has 2 heterocycles. The van der Waals surface area contributed by atoms with Crippen molar-refractivity contribution in [2.24, 2.45) is 0 Å². The Bertz CT molecular complexity index is 383. The molecule has 1 spiro atoms. The van der Waals surface area contributed by atoms with Gasteiger partial charge in [-0.25, -0.2) is 4.79 Å². The van der Waals surface area contributed by atoms with Gasteiger partial charge in [-0.1, -0.05) is 0 Å². The van der Waals surface area contributed by atoms with E-state index in [1.165, 1.54) is 6.42 Å². The molecule has 0 radical (unpaired) electrons. The number of piperazine rings is 1. The number of amides is 1. The van der Waals surface area contributed by atoms with Gasteiger partial charge in [-0.3, -0.25) is 9.80 Å². The number of nitrogens with zero attached hydrogens (tertiary/aromatic N) is 2. The summed E-state index contributed by atoms with van der Waals surface area (Å²) >= 11 is 0. The minimum atomic E-state index is -0.416. The lowest BCUT2D eigenvalue weighted by Gasteiger charge is -2.57. The van der Waals surface area contributed by atoms with Crippen LogP contribution in [0.2, 0.25) is 0 Å². The standard InChI is InChI=1S/C15H26N2O3/c1-14(2,3)20-13(18)17-8-7-16(12-9-19-10-12)11-15(17)5-4-6-15/h12H,4-11H2,1-3H3. The minimum absolute atomic E-state index is 0.0240. The molecule has 2 saturated heterocycles. The molecular weight excluding hydrogens is 256 g/mol. The van der Waals surface area contributed by atoms with Gasteiger partial charge in [-0.2, -0.15) is 0 Å². The van der Waals surface area contributed by atoms with E-state index in [1.807, 2.05) is 25.7 Å². The van der Waals surface area contributed by atoms with Gasteiger partial charge in [-0.05, 0) is 40.0 Å². The third-order valence-electron chi connectivity index (χ3n) is 4.72. The molecule has 2 aliphatic heterocycles. The van der Waals surface area contributed by atoms with Gasteiger partial charge in [0.2, 0.25) is 0 Å². The highest BCUT2D eigenvalue weighted by molar-refractivity contribution is 5.69. The Hall–Kier alpha value is -0.810. The van der Waals surface area contributed by atoms with E-state index >= 15 is 0 Å². The van der Waals surface area contributed by atoms with Crippen LogP contribution in [-0.2, 0) is 9.47 Å². The fourth-order valence-electron chi connectivity index (χ4n) is 3.37. The second-order valence-electron chi connectivity index (χ2n) is 7.37. The zero-order chi connectivity index (χ0) is 14.4. The lowest BCUT2D eigenvalue weighted by Crippen LogP contribution is -2.70. The van der Waals surface area contributed by atoms with Crippen molar-refractivity contribution in [3.05, 3.63) is 0 Å². The van der Waals surface area contributed by atoms with Crippen molar-refractivity contribution in [1.82, 2.24) is 9.80 Å². The van der Waals surface area contributed by atoms with Crippen molar-refractivity contribution in [1.29, 1.82) is 0 Å². The molecule has 3 rings (SSSR count). The number of rotatable bonds is 1. The highest BCUT2D eigenvalue weighted by Gasteiger charge is 2.50. The fourth-order valence-corrected chi connectivity index (χ4v) is 3.37. The van der Waals surface area contributed by atoms with Crippen molar-refractivity contribution in [2.45, 2.75) is 57.2 Å². The van der Waals surface area contributed by atoms with E-state index in [4.69, 9.17) is 9.47 Å². The van der Waals surface area contributed by atoms with Gasteiger partial charge in [0.05, 0.1) is 24.8 Å². The van der Waals surface area contributed by atoms with Crippen LogP contribution in [-0.4, -0.2) is 65.9 Å². The number of carbonyl (C=O) groups is 1. The van der Waals surface area contributed by atoms with Gasteiger partial charge in [0.15, 0.2) is 0 Å². The molecule has 5 nitrogen and oxygen atoms in total. The maximum atomic E-state index is 12.4. The number of ether oxygens (including phenoxy) is 2. The lowest BCUT2D eigenvalue weighted by atomic mass is 9.73. The summed E-state index contributed by atoms with van der Waals surface area (Å²) in [5, 5.41) is 0. The predicted octanol–water partition coefficient (Wildman–Crippen LogP) is 1.86. The van der Waals surface area contributed by atoms with Crippen LogP contribution >= 0.6 is 0 Å². The highest BCUT2D eigenvalue weighted by Crippen LogP contribution is 2.41. The van der Waals surface area contributed by atoms with Crippen LogP contribution in [0.15, 0.2) is 0 Å². The largest absolute Gasteiger partial charge is 0.444 e. The first-order valence-corrected chi connectivity index (χ1v) is 7.72.